The molecular weight excluding hydrogens is 340 g/mol. The summed E-state index contributed by atoms with van der Waals surface area (Å²) in [7, 11) is 0. The number of amides is 2. The third-order valence-corrected chi connectivity index (χ3v) is 4.11. The molecule has 0 spiro atoms. The first-order chi connectivity index (χ1) is 12.1. The number of nitrogens with zero attached hydrogens (tertiary/aromatic N) is 1. The van der Waals surface area contributed by atoms with Crippen molar-refractivity contribution in [2.24, 2.45) is 5.73 Å². The largest absolute Gasteiger partial charge is 0.445 e. The van der Waals surface area contributed by atoms with E-state index in [2.05, 4.69) is 15.6 Å². The molecule has 0 aliphatic rings. The molecule has 0 fully saturated rings. The van der Waals surface area contributed by atoms with Crippen LogP contribution in [-0.4, -0.2) is 29.6 Å². The van der Waals surface area contributed by atoms with Gasteiger partial charge in [-0.2, -0.15) is 0 Å². The van der Waals surface area contributed by atoms with E-state index in [1.165, 1.54) is 11.3 Å². The van der Waals surface area contributed by atoms with Crippen LogP contribution in [0.1, 0.15) is 24.8 Å². The highest BCUT2D eigenvalue weighted by Crippen LogP contribution is 2.11. The molecule has 1 heterocycles. The second-order valence-corrected chi connectivity index (χ2v) is 6.31. The van der Waals surface area contributed by atoms with Gasteiger partial charge in [0.25, 0.3) is 0 Å². The molecule has 2 aromatic rings. The number of carbonyl (C=O) groups is 2. The van der Waals surface area contributed by atoms with Crippen LogP contribution in [0.15, 0.2) is 41.9 Å². The Morgan fingerprint density at radius 2 is 2.04 bits per heavy atom. The Hall–Kier alpha value is -2.45. The first-order valence-electron chi connectivity index (χ1n) is 8.05. The van der Waals surface area contributed by atoms with Gasteiger partial charge in [0.2, 0.25) is 5.91 Å². The van der Waals surface area contributed by atoms with Crippen LogP contribution < -0.4 is 16.4 Å². The van der Waals surface area contributed by atoms with Gasteiger partial charge in [0.05, 0.1) is 6.04 Å². The molecule has 8 heteroatoms. The number of carbonyl (C=O) groups excluding carboxylic acids is 2. The third kappa shape index (κ3) is 7.32. The van der Waals surface area contributed by atoms with Gasteiger partial charge in [0.15, 0.2) is 5.13 Å². The van der Waals surface area contributed by atoms with Crippen molar-refractivity contribution in [1.29, 1.82) is 0 Å². The SMILES string of the molecule is NC(CCCCNC(=O)OCc1ccccc1)C(=O)Nc1nccs1. The monoisotopic (exact) mass is 362 g/mol. The summed E-state index contributed by atoms with van der Waals surface area (Å²) in [5.74, 6) is -0.245. The van der Waals surface area contributed by atoms with Crippen molar-refractivity contribution < 1.29 is 14.3 Å². The van der Waals surface area contributed by atoms with Crippen molar-refractivity contribution in [2.45, 2.75) is 31.9 Å². The van der Waals surface area contributed by atoms with Crippen molar-refractivity contribution in [3.05, 3.63) is 47.5 Å². The van der Waals surface area contributed by atoms with Crippen molar-refractivity contribution >= 4 is 28.5 Å². The normalized spacial score (nSPS) is 11.6. The first-order valence-corrected chi connectivity index (χ1v) is 8.93. The zero-order chi connectivity index (χ0) is 17.9. The maximum atomic E-state index is 11.8. The molecule has 0 saturated carbocycles. The Morgan fingerprint density at radius 3 is 2.76 bits per heavy atom. The molecule has 25 heavy (non-hydrogen) atoms. The number of anilines is 1. The summed E-state index contributed by atoms with van der Waals surface area (Å²) in [5, 5.41) is 7.67. The van der Waals surface area contributed by atoms with Crippen molar-refractivity contribution in [3.8, 4) is 0 Å². The van der Waals surface area contributed by atoms with E-state index in [1.807, 2.05) is 30.3 Å². The van der Waals surface area contributed by atoms with Gasteiger partial charge in [-0.1, -0.05) is 30.3 Å². The molecule has 1 atom stereocenters. The van der Waals surface area contributed by atoms with E-state index in [0.717, 1.165) is 18.4 Å². The highest BCUT2D eigenvalue weighted by Gasteiger charge is 2.14. The number of rotatable bonds is 9. The lowest BCUT2D eigenvalue weighted by atomic mass is 10.1. The number of ether oxygens (including phenoxy) is 1. The van der Waals surface area contributed by atoms with E-state index in [-0.39, 0.29) is 12.5 Å². The highest BCUT2D eigenvalue weighted by molar-refractivity contribution is 7.13. The summed E-state index contributed by atoms with van der Waals surface area (Å²) in [6.45, 7) is 0.725. The van der Waals surface area contributed by atoms with E-state index >= 15 is 0 Å². The molecule has 0 aliphatic heterocycles. The van der Waals surface area contributed by atoms with Crippen LogP contribution in [0.2, 0.25) is 0 Å². The number of benzene rings is 1. The number of nitrogens with one attached hydrogen (secondary N) is 2. The lowest BCUT2D eigenvalue weighted by molar-refractivity contribution is -0.117. The summed E-state index contributed by atoms with van der Waals surface area (Å²) in [5.41, 5.74) is 6.78. The number of hydrogen-bond acceptors (Lipinski definition) is 6. The topological polar surface area (TPSA) is 106 Å². The quantitative estimate of drug-likeness (QED) is 0.594. The number of aromatic nitrogens is 1. The Morgan fingerprint density at radius 1 is 1.24 bits per heavy atom. The smallest absolute Gasteiger partial charge is 0.407 e. The van der Waals surface area contributed by atoms with E-state index in [9.17, 15) is 9.59 Å². The van der Waals surface area contributed by atoms with Gasteiger partial charge in [-0.3, -0.25) is 4.79 Å². The van der Waals surface area contributed by atoms with Gasteiger partial charge >= 0.3 is 6.09 Å². The van der Waals surface area contributed by atoms with E-state index in [4.69, 9.17) is 10.5 Å². The lowest BCUT2D eigenvalue weighted by Gasteiger charge is -2.11. The van der Waals surface area contributed by atoms with Crippen LogP contribution in [0, 0.1) is 0 Å². The van der Waals surface area contributed by atoms with E-state index < -0.39 is 12.1 Å². The average Bonchev–Trinajstić information content (AvgIpc) is 3.13. The number of unbranched alkanes of at least 4 members (excludes halogenated alkanes) is 1. The standard InChI is InChI=1S/C17H22N4O3S/c18-14(15(22)21-16-19-10-11-25-16)8-4-5-9-20-17(23)24-12-13-6-2-1-3-7-13/h1-3,6-7,10-11,14H,4-5,8-9,12,18H2,(H,20,23)(H,19,21,22). The maximum absolute atomic E-state index is 11.8. The molecule has 1 unspecified atom stereocenters. The van der Waals surface area contributed by atoms with E-state index in [0.29, 0.717) is 18.1 Å². The average molecular weight is 362 g/mol. The second kappa shape index (κ2) is 10.4. The minimum Gasteiger partial charge on any atom is -0.445 e. The summed E-state index contributed by atoms with van der Waals surface area (Å²) in [4.78, 5) is 27.4. The fourth-order valence-electron chi connectivity index (χ4n) is 2.07. The summed E-state index contributed by atoms with van der Waals surface area (Å²) in [6, 6.07) is 8.89. The Labute approximate surface area is 150 Å². The third-order valence-electron chi connectivity index (χ3n) is 3.42. The molecule has 7 nitrogen and oxygen atoms in total. The minimum atomic E-state index is -0.589. The van der Waals surface area contributed by atoms with Crippen LogP contribution >= 0.6 is 11.3 Å². The van der Waals surface area contributed by atoms with Crippen molar-refractivity contribution in [3.63, 3.8) is 0 Å². The van der Waals surface area contributed by atoms with Crippen LogP contribution in [0.3, 0.4) is 0 Å². The Balaban J connectivity index is 1.52. The van der Waals surface area contributed by atoms with Gasteiger partial charge in [0, 0.05) is 18.1 Å². The zero-order valence-corrected chi connectivity index (χ0v) is 14.6. The molecule has 134 valence electrons. The molecular formula is C17H22N4O3S. The number of nitrogens with two attached hydrogens (primary N) is 1. The molecule has 1 aromatic heterocycles. The molecule has 0 bridgehead atoms. The molecule has 2 amide bonds. The predicted octanol–water partition coefficient (Wildman–Crippen LogP) is 2.51. The fraction of sp³-hybridized carbons (Fsp3) is 0.353. The summed E-state index contributed by atoms with van der Waals surface area (Å²) in [6.07, 6.45) is 3.16. The van der Waals surface area contributed by atoms with E-state index in [1.54, 1.807) is 11.6 Å². The first kappa shape index (κ1) is 18.9. The molecule has 0 saturated heterocycles. The number of hydrogen-bond donors (Lipinski definition) is 3. The van der Waals surface area contributed by atoms with Crippen molar-refractivity contribution in [1.82, 2.24) is 10.3 Å². The zero-order valence-electron chi connectivity index (χ0n) is 13.8. The number of alkyl carbamates (subject to hydrolysis) is 1. The minimum absolute atomic E-state index is 0.245. The van der Waals surface area contributed by atoms with Gasteiger partial charge in [0.1, 0.15) is 6.61 Å². The second-order valence-electron chi connectivity index (χ2n) is 5.42. The van der Waals surface area contributed by atoms with Crippen LogP contribution in [0.4, 0.5) is 9.93 Å². The van der Waals surface area contributed by atoms with Crippen LogP contribution in [-0.2, 0) is 16.1 Å². The molecule has 4 N–H and O–H groups in total. The maximum Gasteiger partial charge on any atom is 0.407 e. The van der Waals surface area contributed by atoms with Crippen LogP contribution in [0.5, 0.6) is 0 Å². The van der Waals surface area contributed by atoms with Gasteiger partial charge in [-0.15, -0.1) is 11.3 Å². The molecule has 0 radical (unpaired) electrons. The van der Waals surface area contributed by atoms with Gasteiger partial charge in [-0.25, -0.2) is 9.78 Å². The molecule has 0 aliphatic carbocycles. The Kier molecular flexibility index (Phi) is 7.87. The summed E-state index contributed by atoms with van der Waals surface area (Å²) < 4.78 is 5.11. The number of thiazole rings is 1. The highest BCUT2D eigenvalue weighted by atomic mass is 32.1. The summed E-state index contributed by atoms with van der Waals surface area (Å²) >= 11 is 1.35. The van der Waals surface area contributed by atoms with Crippen molar-refractivity contribution in [2.75, 3.05) is 11.9 Å². The Bertz CT molecular complexity index is 649. The van der Waals surface area contributed by atoms with Gasteiger partial charge < -0.3 is 21.1 Å². The fourth-order valence-corrected chi connectivity index (χ4v) is 2.60. The van der Waals surface area contributed by atoms with Crippen LogP contribution in [0.25, 0.3) is 0 Å². The predicted molar refractivity (Wildman–Crippen MR) is 97.2 cm³/mol. The molecule has 2 rings (SSSR count). The molecule has 1 aromatic carbocycles. The van der Waals surface area contributed by atoms with Gasteiger partial charge in [-0.05, 0) is 24.8 Å². The lowest BCUT2D eigenvalue weighted by Crippen LogP contribution is -2.35.